The molecule has 0 aromatic carbocycles. The van der Waals surface area contributed by atoms with E-state index in [4.69, 9.17) is 11.6 Å². The lowest BCUT2D eigenvalue weighted by molar-refractivity contribution is 0.330. The molecular weight excluding hydrogens is 258 g/mol. The average molecular weight is 278 g/mol. The third-order valence-electron chi connectivity index (χ3n) is 4.72. The minimum absolute atomic E-state index is 0.467. The minimum Gasteiger partial charge on any atom is -0.323 e. The zero-order chi connectivity index (χ0) is 13.4. The standard InChI is InChI=1S/C15H20ClN3/c1-3-11-4-5-13(10(11)2)19-14-6-7-17-9-12(14)18-15(19)8-16/h6-7,9-11,13H,3-5,8H2,1-2H3. The van der Waals surface area contributed by atoms with Crippen molar-refractivity contribution in [2.45, 2.75) is 45.0 Å². The van der Waals surface area contributed by atoms with Crippen LogP contribution in [0.3, 0.4) is 0 Å². The summed E-state index contributed by atoms with van der Waals surface area (Å²) < 4.78 is 2.37. The van der Waals surface area contributed by atoms with Gasteiger partial charge in [0.05, 0.1) is 17.6 Å². The van der Waals surface area contributed by atoms with E-state index in [1.165, 1.54) is 24.8 Å². The van der Waals surface area contributed by atoms with E-state index in [-0.39, 0.29) is 0 Å². The second kappa shape index (κ2) is 5.12. The fourth-order valence-corrected chi connectivity index (χ4v) is 3.82. The van der Waals surface area contributed by atoms with Crippen LogP contribution in [-0.2, 0) is 5.88 Å². The van der Waals surface area contributed by atoms with Gasteiger partial charge >= 0.3 is 0 Å². The molecule has 102 valence electrons. The summed E-state index contributed by atoms with van der Waals surface area (Å²) in [7, 11) is 0. The molecule has 1 saturated carbocycles. The first-order chi connectivity index (χ1) is 9.26. The molecule has 1 aliphatic rings. The van der Waals surface area contributed by atoms with Crippen molar-refractivity contribution in [2.24, 2.45) is 11.8 Å². The minimum atomic E-state index is 0.467. The highest BCUT2D eigenvalue weighted by atomic mass is 35.5. The van der Waals surface area contributed by atoms with Crippen LogP contribution in [0.1, 0.15) is 45.0 Å². The van der Waals surface area contributed by atoms with E-state index in [9.17, 15) is 0 Å². The highest BCUT2D eigenvalue weighted by Crippen LogP contribution is 2.43. The van der Waals surface area contributed by atoms with Crippen molar-refractivity contribution in [3.8, 4) is 0 Å². The molecule has 2 heterocycles. The highest BCUT2D eigenvalue weighted by molar-refractivity contribution is 6.16. The van der Waals surface area contributed by atoms with Crippen LogP contribution in [0.4, 0.5) is 0 Å². The summed E-state index contributed by atoms with van der Waals surface area (Å²) in [6.07, 6.45) is 7.49. The van der Waals surface area contributed by atoms with Gasteiger partial charge in [-0.25, -0.2) is 4.98 Å². The number of hydrogen-bond acceptors (Lipinski definition) is 2. The normalized spacial score (nSPS) is 27.2. The molecule has 2 aromatic heterocycles. The summed E-state index contributed by atoms with van der Waals surface area (Å²) in [4.78, 5) is 8.79. The second-order valence-corrected chi connectivity index (χ2v) is 5.84. The van der Waals surface area contributed by atoms with E-state index in [2.05, 4.69) is 34.4 Å². The van der Waals surface area contributed by atoms with E-state index >= 15 is 0 Å². The Labute approximate surface area is 119 Å². The van der Waals surface area contributed by atoms with Crippen LogP contribution in [0.25, 0.3) is 11.0 Å². The lowest BCUT2D eigenvalue weighted by Gasteiger charge is -2.23. The zero-order valence-electron chi connectivity index (χ0n) is 11.5. The summed E-state index contributed by atoms with van der Waals surface area (Å²) in [5.74, 6) is 2.97. The molecule has 0 aliphatic heterocycles. The van der Waals surface area contributed by atoms with Crippen LogP contribution in [0.5, 0.6) is 0 Å². The van der Waals surface area contributed by atoms with Gasteiger partial charge in [-0.2, -0.15) is 0 Å². The van der Waals surface area contributed by atoms with Crippen molar-refractivity contribution in [3.05, 3.63) is 24.3 Å². The monoisotopic (exact) mass is 277 g/mol. The number of imidazole rings is 1. The Bertz CT molecular complexity index is 578. The second-order valence-electron chi connectivity index (χ2n) is 5.57. The Balaban J connectivity index is 2.09. The summed E-state index contributed by atoms with van der Waals surface area (Å²) >= 11 is 6.10. The molecule has 19 heavy (non-hydrogen) atoms. The molecule has 0 radical (unpaired) electrons. The molecule has 3 atom stereocenters. The van der Waals surface area contributed by atoms with E-state index in [1.807, 2.05) is 12.4 Å². The zero-order valence-corrected chi connectivity index (χ0v) is 12.3. The molecule has 0 spiro atoms. The number of alkyl halides is 1. The molecule has 3 unspecified atom stereocenters. The summed E-state index contributed by atoms with van der Waals surface area (Å²) in [5.41, 5.74) is 2.14. The first-order valence-corrected chi connectivity index (χ1v) is 7.66. The maximum atomic E-state index is 6.10. The van der Waals surface area contributed by atoms with Gasteiger partial charge in [-0.3, -0.25) is 4.98 Å². The first kappa shape index (κ1) is 12.9. The molecule has 0 amide bonds. The molecule has 3 nitrogen and oxygen atoms in total. The summed E-state index contributed by atoms with van der Waals surface area (Å²) in [6, 6.07) is 2.59. The van der Waals surface area contributed by atoms with Gasteiger partial charge in [0.1, 0.15) is 11.3 Å². The Morgan fingerprint density at radius 2 is 2.26 bits per heavy atom. The van der Waals surface area contributed by atoms with Gasteiger partial charge < -0.3 is 4.57 Å². The Morgan fingerprint density at radius 3 is 2.95 bits per heavy atom. The van der Waals surface area contributed by atoms with Crippen molar-refractivity contribution < 1.29 is 0 Å². The summed E-state index contributed by atoms with van der Waals surface area (Å²) in [6.45, 7) is 4.67. The van der Waals surface area contributed by atoms with Crippen LogP contribution in [0.15, 0.2) is 18.5 Å². The lowest BCUT2D eigenvalue weighted by Crippen LogP contribution is -2.17. The van der Waals surface area contributed by atoms with E-state index in [1.54, 1.807) is 0 Å². The topological polar surface area (TPSA) is 30.7 Å². The van der Waals surface area contributed by atoms with Crippen LogP contribution in [0.2, 0.25) is 0 Å². The Hall–Kier alpha value is -1.09. The quantitative estimate of drug-likeness (QED) is 0.789. The molecular formula is C15H20ClN3. The largest absolute Gasteiger partial charge is 0.323 e. The third-order valence-corrected chi connectivity index (χ3v) is 4.96. The van der Waals surface area contributed by atoms with Gasteiger partial charge in [-0.05, 0) is 30.7 Å². The number of hydrogen-bond donors (Lipinski definition) is 0. The molecule has 4 heteroatoms. The fourth-order valence-electron chi connectivity index (χ4n) is 3.63. The molecule has 1 fully saturated rings. The van der Waals surface area contributed by atoms with Gasteiger partial charge in [-0.15, -0.1) is 11.6 Å². The number of halogens is 1. The Morgan fingerprint density at radius 1 is 1.42 bits per heavy atom. The number of nitrogens with zero attached hydrogens (tertiary/aromatic N) is 3. The van der Waals surface area contributed by atoms with Gasteiger partial charge in [0.25, 0.3) is 0 Å². The first-order valence-electron chi connectivity index (χ1n) is 7.13. The van der Waals surface area contributed by atoms with Crippen molar-refractivity contribution >= 4 is 22.6 Å². The number of rotatable bonds is 3. The summed E-state index contributed by atoms with van der Waals surface area (Å²) in [5, 5.41) is 0. The van der Waals surface area contributed by atoms with E-state index < -0.39 is 0 Å². The maximum Gasteiger partial charge on any atom is 0.125 e. The fraction of sp³-hybridized carbons (Fsp3) is 0.600. The van der Waals surface area contributed by atoms with E-state index in [0.29, 0.717) is 17.8 Å². The van der Waals surface area contributed by atoms with Crippen LogP contribution in [0, 0.1) is 11.8 Å². The van der Waals surface area contributed by atoms with Crippen LogP contribution < -0.4 is 0 Å². The van der Waals surface area contributed by atoms with Crippen molar-refractivity contribution in [3.63, 3.8) is 0 Å². The highest BCUT2D eigenvalue weighted by Gasteiger charge is 2.34. The number of aromatic nitrogens is 3. The number of pyridine rings is 1. The van der Waals surface area contributed by atoms with Crippen LogP contribution in [-0.4, -0.2) is 14.5 Å². The SMILES string of the molecule is CCC1CCC(n2c(CCl)nc3cnccc32)C1C. The molecule has 1 aliphatic carbocycles. The Kier molecular flexibility index (Phi) is 3.48. The molecule has 0 saturated heterocycles. The lowest BCUT2D eigenvalue weighted by atomic mass is 9.93. The third kappa shape index (κ3) is 2.04. The predicted molar refractivity (Wildman–Crippen MR) is 78.3 cm³/mol. The molecule has 0 bridgehead atoms. The molecule has 2 aromatic rings. The molecule has 3 rings (SSSR count). The van der Waals surface area contributed by atoms with Crippen molar-refractivity contribution in [2.75, 3.05) is 0 Å². The van der Waals surface area contributed by atoms with Crippen molar-refractivity contribution in [1.82, 2.24) is 14.5 Å². The van der Waals surface area contributed by atoms with Gasteiger partial charge in [0.15, 0.2) is 0 Å². The molecule has 0 N–H and O–H groups in total. The average Bonchev–Trinajstić information content (AvgIpc) is 2.98. The van der Waals surface area contributed by atoms with Gasteiger partial charge in [-0.1, -0.05) is 20.3 Å². The predicted octanol–water partition coefficient (Wildman–Crippen LogP) is 4.17. The van der Waals surface area contributed by atoms with Gasteiger partial charge in [0, 0.05) is 12.2 Å². The maximum absolute atomic E-state index is 6.10. The van der Waals surface area contributed by atoms with Crippen LogP contribution >= 0.6 is 11.6 Å². The van der Waals surface area contributed by atoms with E-state index in [0.717, 1.165) is 17.3 Å². The number of fused-ring (bicyclic) bond motifs is 1. The smallest absolute Gasteiger partial charge is 0.125 e. The van der Waals surface area contributed by atoms with Crippen molar-refractivity contribution in [1.29, 1.82) is 0 Å². The van der Waals surface area contributed by atoms with Gasteiger partial charge in [0.2, 0.25) is 0 Å².